The minimum Gasteiger partial charge on any atom is -0.455 e. The first-order chi connectivity index (χ1) is 45.3. The molecule has 0 amide bonds. The third kappa shape index (κ3) is 10.5. The van der Waals surface area contributed by atoms with Gasteiger partial charge in [-0.3, -0.25) is 0 Å². The van der Waals surface area contributed by atoms with Gasteiger partial charge in [0, 0.05) is 70.9 Å². The molecular formula is C80H50BIN4O6. The van der Waals surface area contributed by atoms with Gasteiger partial charge in [0.2, 0.25) is 0 Å². The molecule has 6 heterocycles. The van der Waals surface area contributed by atoms with Crippen molar-refractivity contribution < 1.29 is 27.7 Å². The number of rotatable bonds is 8. The van der Waals surface area contributed by atoms with Crippen molar-refractivity contribution in [2.75, 3.05) is 0 Å². The Morgan fingerprint density at radius 3 is 0.967 bits per heavy atom. The Hall–Kier alpha value is -11.3. The van der Waals surface area contributed by atoms with Crippen LogP contribution in [0.2, 0.25) is 0 Å². The first-order valence-corrected chi connectivity index (χ1v) is 31.1. The predicted octanol–water partition coefficient (Wildman–Crippen LogP) is 20.2. The molecule has 18 rings (SSSR count). The molecule has 6 aromatic heterocycles. The van der Waals surface area contributed by atoms with Crippen molar-refractivity contribution >= 4 is 123 Å². The Morgan fingerprint density at radius 2 is 0.565 bits per heavy atom. The zero-order chi connectivity index (χ0) is 61.7. The van der Waals surface area contributed by atoms with Gasteiger partial charge in [-0.2, -0.15) is 0 Å². The zero-order valence-electron chi connectivity index (χ0n) is 49.0. The molecule has 0 bridgehead atoms. The van der Waals surface area contributed by atoms with E-state index in [0.29, 0.717) is 17.1 Å². The van der Waals surface area contributed by atoms with Crippen LogP contribution in [0.3, 0.4) is 0 Å². The van der Waals surface area contributed by atoms with Gasteiger partial charge in [-0.1, -0.05) is 237 Å². The molecule has 0 aliphatic rings. The second-order valence-electron chi connectivity index (χ2n) is 22.3. The number of nitrogens with zero attached hydrogens (tertiary/aromatic N) is 4. The molecule has 0 saturated carbocycles. The van der Waals surface area contributed by atoms with Crippen molar-refractivity contribution in [3.05, 3.63) is 295 Å². The van der Waals surface area contributed by atoms with Crippen LogP contribution < -0.4 is 5.46 Å². The summed E-state index contributed by atoms with van der Waals surface area (Å²) in [5, 5.41) is 27.9. The van der Waals surface area contributed by atoms with E-state index in [0.717, 1.165) is 159 Å². The molecule has 436 valence electrons. The molecule has 0 saturated heterocycles. The van der Waals surface area contributed by atoms with Crippen LogP contribution >= 0.6 is 22.6 Å². The molecule has 10 nitrogen and oxygen atoms in total. The largest absolute Gasteiger partial charge is 0.488 e. The molecular weight excluding hydrogens is 1250 g/mol. The van der Waals surface area contributed by atoms with E-state index in [1.165, 1.54) is 0 Å². The molecule has 2 N–H and O–H groups in total. The Kier molecular flexibility index (Phi) is 14.6. The summed E-state index contributed by atoms with van der Waals surface area (Å²) >= 11 is 2.32. The van der Waals surface area contributed by atoms with Crippen LogP contribution in [0.25, 0.3) is 167 Å². The average molecular weight is 1300 g/mol. The normalized spacial score (nSPS) is 11.4. The van der Waals surface area contributed by atoms with Crippen molar-refractivity contribution in [2.45, 2.75) is 0 Å². The summed E-state index contributed by atoms with van der Waals surface area (Å²) in [4.78, 5) is 19.5. The standard InChI is InChI=1S/C40H24N2O2.C22H17BN2O2.C18H9IO2/c1-3-12-25(13-4-1)33-24-34(42-40(41-33)26-14-5-2-6-15-26)27-16-11-17-28(22-27)37-38-31(29-18-7-9-20-35(29)43-38)23-32-30-19-8-10-21-36(30)44-39(32)37;26-23(27)19-13-7-12-18(14-19)21-15-20(16-8-3-1-4-9-16)24-22(25-21)17-10-5-2-6-11-17;19-16-17-12(10-5-1-3-7-14(10)20-17)9-13-11-6-2-4-8-15(11)21-18(13)16/h1-24H;1-15,26-27H;1-9H. The van der Waals surface area contributed by atoms with Crippen molar-refractivity contribution in [2.24, 2.45) is 0 Å². The highest BCUT2D eigenvalue weighted by Gasteiger charge is 2.23. The first kappa shape index (κ1) is 56.0. The summed E-state index contributed by atoms with van der Waals surface area (Å²) in [5.74, 6) is 1.31. The van der Waals surface area contributed by atoms with E-state index < -0.39 is 7.12 Å². The maximum absolute atomic E-state index is 9.48. The van der Waals surface area contributed by atoms with E-state index in [1.54, 1.807) is 18.2 Å². The molecule has 12 aromatic carbocycles. The van der Waals surface area contributed by atoms with Crippen LogP contribution in [0.1, 0.15) is 0 Å². The monoisotopic (exact) mass is 1300 g/mol. The third-order valence-electron chi connectivity index (χ3n) is 16.5. The molecule has 0 radical (unpaired) electrons. The average Bonchev–Trinajstić information content (AvgIpc) is 1.58. The molecule has 92 heavy (non-hydrogen) atoms. The first-order valence-electron chi connectivity index (χ1n) is 30.1. The van der Waals surface area contributed by atoms with Crippen molar-refractivity contribution in [1.29, 1.82) is 0 Å². The van der Waals surface area contributed by atoms with Crippen LogP contribution in [0.4, 0.5) is 0 Å². The lowest BCUT2D eigenvalue weighted by molar-refractivity contribution is 0.426. The minimum atomic E-state index is -1.52. The number of furan rings is 4. The summed E-state index contributed by atoms with van der Waals surface area (Å²) in [6.07, 6.45) is 0. The summed E-state index contributed by atoms with van der Waals surface area (Å²) < 4.78 is 26.2. The summed E-state index contributed by atoms with van der Waals surface area (Å²) in [6, 6.07) is 96.8. The molecule has 12 heteroatoms. The van der Waals surface area contributed by atoms with Crippen molar-refractivity contribution in [1.82, 2.24) is 19.9 Å². The zero-order valence-corrected chi connectivity index (χ0v) is 51.1. The Balaban J connectivity index is 0.000000119. The Labute approximate surface area is 540 Å². The maximum atomic E-state index is 9.48. The van der Waals surface area contributed by atoms with Crippen molar-refractivity contribution in [3.8, 4) is 78.9 Å². The topological polar surface area (TPSA) is 145 Å². The number of hydrogen-bond acceptors (Lipinski definition) is 10. The van der Waals surface area contributed by atoms with Gasteiger partial charge in [0.25, 0.3) is 0 Å². The lowest BCUT2D eigenvalue weighted by Crippen LogP contribution is -2.29. The lowest BCUT2D eigenvalue weighted by atomic mass is 9.79. The number of hydrogen-bond donors (Lipinski definition) is 2. The Morgan fingerprint density at radius 1 is 0.261 bits per heavy atom. The van der Waals surface area contributed by atoms with E-state index in [2.05, 4.69) is 114 Å². The van der Waals surface area contributed by atoms with Crippen LogP contribution in [-0.2, 0) is 0 Å². The molecule has 0 fully saturated rings. The second-order valence-corrected chi connectivity index (χ2v) is 23.4. The Bertz CT molecular complexity index is 5480. The fraction of sp³-hybridized carbons (Fsp3) is 0. The highest BCUT2D eigenvalue weighted by Crippen LogP contribution is 2.46. The summed E-state index contributed by atoms with van der Waals surface area (Å²) in [7, 11) is -1.52. The van der Waals surface area contributed by atoms with Gasteiger partial charge in [0.05, 0.1) is 31.9 Å². The van der Waals surface area contributed by atoms with Gasteiger partial charge in [0.15, 0.2) is 22.8 Å². The van der Waals surface area contributed by atoms with E-state index in [4.69, 9.17) is 37.6 Å². The molecule has 0 aliphatic heterocycles. The van der Waals surface area contributed by atoms with Gasteiger partial charge < -0.3 is 27.7 Å². The van der Waals surface area contributed by atoms with Crippen molar-refractivity contribution in [3.63, 3.8) is 0 Å². The van der Waals surface area contributed by atoms with E-state index in [9.17, 15) is 10.0 Å². The fourth-order valence-corrected chi connectivity index (χ4v) is 12.9. The SMILES string of the molecule is Ic1c2oc3ccccc3c2cc2c1oc1ccccc12.OB(O)c1cccc(-c2cc(-c3ccccc3)nc(-c3ccccc3)n2)c1.c1ccc(-c2cc(-c3cccc(-c4c5oc6ccccc6c5cc5c4oc4ccccc45)c3)nc(-c3ccccc3)n2)cc1. The summed E-state index contributed by atoms with van der Waals surface area (Å²) in [5.41, 5.74) is 18.3. The quantitative estimate of drug-likeness (QED) is 0.111. The second kappa shape index (κ2) is 23.9. The van der Waals surface area contributed by atoms with Gasteiger partial charge >= 0.3 is 7.12 Å². The van der Waals surface area contributed by atoms with E-state index in [-0.39, 0.29) is 0 Å². The summed E-state index contributed by atoms with van der Waals surface area (Å²) in [6.45, 7) is 0. The highest BCUT2D eigenvalue weighted by atomic mass is 127. The van der Waals surface area contributed by atoms with E-state index >= 15 is 0 Å². The van der Waals surface area contributed by atoms with Gasteiger partial charge in [-0.25, -0.2) is 19.9 Å². The molecule has 0 atom stereocenters. The van der Waals surface area contributed by atoms with Gasteiger partial charge in [-0.05, 0) is 93.8 Å². The van der Waals surface area contributed by atoms with Crippen LogP contribution in [-0.4, -0.2) is 37.1 Å². The molecule has 0 unspecified atom stereocenters. The highest BCUT2D eigenvalue weighted by molar-refractivity contribution is 14.1. The number of benzene rings is 12. The number of halogens is 1. The lowest BCUT2D eigenvalue weighted by Gasteiger charge is -2.11. The smallest absolute Gasteiger partial charge is 0.455 e. The van der Waals surface area contributed by atoms with Gasteiger partial charge in [-0.15, -0.1) is 0 Å². The fourth-order valence-electron chi connectivity index (χ4n) is 12.1. The van der Waals surface area contributed by atoms with Crippen LogP contribution in [0.5, 0.6) is 0 Å². The van der Waals surface area contributed by atoms with Crippen LogP contribution in [0.15, 0.2) is 309 Å². The predicted molar refractivity (Wildman–Crippen MR) is 380 cm³/mol. The van der Waals surface area contributed by atoms with E-state index in [1.807, 2.05) is 182 Å². The maximum Gasteiger partial charge on any atom is 0.488 e. The molecule has 0 spiro atoms. The molecule has 0 aliphatic carbocycles. The number of fused-ring (bicyclic) bond motifs is 12. The third-order valence-corrected chi connectivity index (χ3v) is 17.5. The minimum absolute atomic E-state index is 0.425. The number of para-hydroxylation sites is 4. The molecule has 18 aromatic rings. The van der Waals surface area contributed by atoms with Gasteiger partial charge in [0.1, 0.15) is 33.5 Å². The number of aromatic nitrogens is 4. The van der Waals surface area contributed by atoms with Crippen LogP contribution in [0, 0.1) is 3.57 Å².